The highest BCUT2D eigenvalue weighted by Gasteiger charge is 2.14. The number of aryl methyl sites for hydroxylation is 2. The summed E-state index contributed by atoms with van der Waals surface area (Å²) in [7, 11) is 0. The zero-order valence-electron chi connectivity index (χ0n) is 10.5. The molecule has 5 heteroatoms. The fourth-order valence-corrected chi connectivity index (χ4v) is 2.89. The number of phenolic OH excluding ortho intramolecular Hbond substituents is 1. The smallest absolute Gasteiger partial charge is 0.136 e. The van der Waals surface area contributed by atoms with E-state index in [4.69, 9.17) is 0 Å². The Morgan fingerprint density at radius 2 is 1.95 bits per heavy atom. The molecule has 4 nitrogen and oxygen atoms in total. The van der Waals surface area contributed by atoms with Gasteiger partial charge < -0.3 is 10.2 Å². The molecular weight excluding hydrogens is 260 g/mol. The second-order valence-electron chi connectivity index (χ2n) is 4.47. The molecule has 0 bridgehead atoms. The highest BCUT2D eigenvalue weighted by atomic mass is 32.1. The van der Waals surface area contributed by atoms with Crippen molar-refractivity contribution in [3.8, 4) is 22.1 Å². The molecule has 0 spiro atoms. The predicted molar refractivity (Wildman–Crippen MR) is 75.7 cm³/mol. The summed E-state index contributed by atoms with van der Waals surface area (Å²) < 4.78 is 0. The van der Waals surface area contributed by atoms with Gasteiger partial charge in [-0.05, 0) is 31.5 Å². The Kier molecular flexibility index (Phi) is 2.64. The van der Waals surface area contributed by atoms with Crippen molar-refractivity contribution in [2.45, 2.75) is 13.8 Å². The number of hydrogen-bond acceptors (Lipinski definition) is 5. The van der Waals surface area contributed by atoms with Gasteiger partial charge in [0.15, 0.2) is 0 Å². The molecule has 2 aromatic heterocycles. The Morgan fingerprint density at radius 1 is 1.16 bits per heavy atom. The zero-order chi connectivity index (χ0) is 13.6. The van der Waals surface area contributed by atoms with E-state index in [1.165, 1.54) is 17.4 Å². The summed E-state index contributed by atoms with van der Waals surface area (Å²) in [6.07, 6.45) is 1.62. The minimum Gasteiger partial charge on any atom is -0.508 e. The molecule has 0 atom stereocenters. The van der Waals surface area contributed by atoms with Crippen molar-refractivity contribution in [2.24, 2.45) is 0 Å². The van der Waals surface area contributed by atoms with Crippen molar-refractivity contribution in [3.05, 3.63) is 35.0 Å². The van der Waals surface area contributed by atoms with E-state index in [0.29, 0.717) is 16.5 Å². The molecule has 0 unspecified atom stereocenters. The Labute approximate surface area is 114 Å². The second kappa shape index (κ2) is 4.20. The van der Waals surface area contributed by atoms with Crippen LogP contribution in [0.25, 0.3) is 21.5 Å². The van der Waals surface area contributed by atoms with Crippen molar-refractivity contribution >= 4 is 22.2 Å². The lowest BCUT2D eigenvalue weighted by Gasteiger charge is -2.07. The van der Waals surface area contributed by atoms with Gasteiger partial charge in [-0.3, -0.25) is 4.98 Å². The van der Waals surface area contributed by atoms with Gasteiger partial charge in [0, 0.05) is 22.7 Å². The Morgan fingerprint density at radius 3 is 2.63 bits per heavy atom. The fourth-order valence-electron chi connectivity index (χ4n) is 2.08. The number of nitrogens with zero attached hydrogens (tertiary/aromatic N) is 2. The quantitative estimate of drug-likeness (QED) is 0.712. The molecular formula is C14H12N2O2S. The van der Waals surface area contributed by atoms with Crippen molar-refractivity contribution in [2.75, 3.05) is 0 Å². The lowest BCUT2D eigenvalue weighted by molar-refractivity contribution is 0.471. The van der Waals surface area contributed by atoms with Crippen LogP contribution >= 0.6 is 11.3 Å². The van der Waals surface area contributed by atoms with Crippen molar-refractivity contribution < 1.29 is 10.2 Å². The van der Waals surface area contributed by atoms with Gasteiger partial charge in [-0.15, -0.1) is 11.3 Å². The Balaban J connectivity index is 2.32. The molecule has 0 fully saturated rings. The first-order chi connectivity index (χ1) is 9.06. The highest BCUT2D eigenvalue weighted by molar-refractivity contribution is 7.13. The number of phenols is 1. The standard InChI is InChI=1S/C14H12N2O2S/c1-7-3-9(17)4-10-12(7)15-5-11(13(10)18)14-16-8(2)6-19-14/h3-6,17H,1-2H3,(H,15,18). The molecule has 3 rings (SSSR count). The molecule has 0 saturated carbocycles. The molecule has 1 aromatic carbocycles. The average molecular weight is 272 g/mol. The van der Waals surface area contributed by atoms with Gasteiger partial charge >= 0.3 is 0 Å². The van der Waals surface area contributed by atoms with Crippen LogP contribution in [0.3, 0.4) is 0 Å². The minimum atomic E-state index is 0.110. The summed E-state index contributed by atoms with van der Waals surface area (Å²) in [6, 6.07) is 3.15. The van der Waals surface area contributed by atoms with E-state index in [2.05, 4.69) is 9.97 Å². The Hall–Kier alpha value is -2.14. The molecule has 2 heterocycles. The van der Waals surface area contributed by atoms with Gasteiger partial charge in [0.2, 0.25) is 0 Å². The number of hydrogen-bond donors (Lipinski definition) is 2. The third-order valence-corrected chi connectivity index (χ3v) is 3.96. The molecule has 96 valence electrons. The number of benzene rings is 1. The maximum Gasteiger partial charge on any atom is 0.136 e. The molecule has 0 aliphatic heterocycles. The van der Waals surface area contributed by atoms with Crippen LogP contribution in [0.15, 0.2) is 23.7 Å². The number of thiazole rings is 1. The SMILES string of the molecule is Cc1csc(-c2cnc3c(C)cc(O)cc3c2O)n1. The Bertz CT molecular complexity index is 780. The van der Waals surface area contributed by atoms with Gasteiger partial charge in [-0.25, -0.2) is 4.98 Å². The topological polar surface area (TPSA) is 66.2 Å². The third-order valence-electron chi connectivity index (χ3n) is 2.97. The van der Waals surface area contributed by atoms with E-state index in [9.17, 15) is 10.2 Å². The summed E-state index contributed by atoms with van der Waals surface area (Å²) in [5, 5.41) is 23.2. The zero-order valence-corrected chi connectivity index (χ0v) is 11.3. The predicted octanol–water partition coefficient (Wildman–Crippen LogP) is 3.39. The summed E-state index contributed by atoms with van der Waals surface area (Å²) in [6.45, 7) is 3.75. The van der Waals surface area contributed by atoms with Crippen molar-refractivity contribution in [1.82, 2.24) is 9.97 Å². The monoisotopic (exact) mass is 272 g/mol. The molecule has 0 amide bonds. The highest BCUT2D eigenvalue weighted by Crippen LogP contribution is 2.38. The molecule has 0 aliphatic rings. The number of fused-ring (bicyclic) bond motifs is 1. The number of rotatable bonds is 1. The largest absolute Gasteiger partial charge is 0.508 e. The summed E-state index contributed by atoms with van der Waals surface area (Å²) in [4.78, 5) is 8.71. The first kappa shape index (κ1) is 11.9. The van der Waals surface area contributed by atoms with E-state index in [1.807, 2.05) is 19.2 Å². The molecule has 0 saturated heterocycles. The average Bonchev–Trinajstić information content (AvgIpc) is 2.77. The second-order valence-corrected chi connectivity index (χ2v) is 5.33. The van der Waals surface area contributed by atoms with Gasteiger partial charge in [-0.2, -0.15) is 0 Å². The number of pyridine rings is 1. The van der Waals surface area contributed by atoms with Gasteiger partial charge in [0.1, 0.15) is 16.5 Å². The molecule has 3 aromatic rings. The van der Waals surface area contributed by atoms with Crippen LogP contribution in [0.1, 0.15) is 11.3 Å². The summed E-state index contributed by atoms with van der Waals surface area (Å²) >= 11 is 1.46. The van der Waals surface area contributed by atoms with E-state index in [0.717, 1.165) is 16.3 Å². The molecule has 0 aliphatic carbocycles. The minimum absolute atomic E-state index is 0.110. The van der Waals surface area contributed by atoms with Gasteiger partial charge in [0.05, 0.1) is 11.1 Å². The molecule has 19 heavy (non-hydrogen) atoms. The number of aromatic hydroxyl groups is 2. The summed E-state index contributed by atoms with van der Waals surface area (Å²) in [5.74, 6) is 0.230. The fraction of sp³-hybridized carbons (Fsp3) is 0.143. The maximum atomic E-state index is 10.4. The maximum absolute atomic E-state index is 10.4. The van der Waals surface area contributed by atoms with E-state index in [1.54, 1.807) is 12.3 Å². The van der Waals surface area contributed by atoms with Crippen molar-refractivity contribution in [3.63, 3.8) is 0 Å². The normalized spacial score (nSPS) is 11.1. The van der Waals surface area contributed by atoms with Crippen LogP contribution in [0.4, 0.5) is 0 Å². The summed E-state index contributed by atoms with van der Waals surface area (Å²) in [5.41, 5.74) is 3.02. The van der Waals surface area contributed by atoms with Crippen LogP contribution in [-0.4, -0.2) is 20.2 Å². The van der Waals surface area contributed by atoms with Crippen molar-refractivity contribution in [1.29, 1.82) is 0 Å². The van der Waals surface area contributed by atoms with E-state index in [-0.39, 0.29) is 11.5 Å². The van der Waals surface area contributed by atoms with Crippen LogP contribution in [0, 0.1) is 13.8 Å². The van der Waals surface area contributed by atoms with E-state index < -0.39 is 0 Å². The van der Waals surface area contributed by atoms with Gasteiger partial charge in [-0.1, -0.05) is 0 Å². The van der Waals surface area contributed by atoms with Crippen LogP contribution in [-0.2, 0) is 0 Å². The van der Waals surface area contributed by atoms with E-state index >= 15 is 0 Å². The first-order valence-electron chi connectivity index (χ1n) is 5.80. The first-order valence-corrected chi connectivity index (χ1v) is 6.68. The van der Waals surface area contributed by atoms with Crippen LogP contribution < -0.4 is 0 Å². The third kappa shape index (κ3) is 1.92. The number of aromatic nitrogens is 2. The van der Waals surface area contributed by atoms with Crippen LogP contribution in [0.2, 0.25) is 0 Å². The lowest BCUT2D eigenvalue weighted by atomic mass is 10.1. The molecule has 2 N–H and O–H groups in total. The van der Waals surface area contributed by atoms with Gasteiger partial charge in [0.25, 0.3) is 0 Å². The van der Waals surface area contributed by atoms with Crippen LogP contribution in [0.5, 0.6) is 11.5 Å². The lowest BCUT2D eigenvalue weighted by Crippen LogP contribution is -1.88. The molecule has 0 radical (unpaired) electrons.